The van der Waals surface area contributed by atoms with Crippen molar-refractivity contribution in [3.63, 3.8) is 0 Å². The molecule has 0 amide bonds. The maximum Gasteiger partial charge on any atom is 0.295 e. The molecular formula is C19H19N3O3. The normalized spacial score (nSPS) is 12.1. The highest BCUT2D eigenvalue weighted by atomic mass is 16.6. The van der Waals surface area contributed by atoms with Crippen LogP contribution in [0.4, 0.5) is 11.4 Å². The molecule has 128 valence electrons. The monoisotopic (exact) mass is 337 g/mol. The van der Waals surface area contributed by atoms with E-state index in [1.807, 2.05) is 37.3 Å². The quantitative estimate of drug-likeness (QED) is 0.544. The lowest BCUT2D eigenvalue weighted by molar-refractivity contribution is -0.383. The summed E-state index contributed by atoms with van der Waals surface area (Å²) in [6, 6.07) is 14.4. The Kier molecular flexibility index (Phi) is 4.63. The number of anilines is 1. The molecule has 0 aliphatic heterocycles. The molecule has 1 aromatic heterocycles. The molecule has 2 N–H and O–H groups in total. The topological polar surface area (TPSA) is 88.3 Å². The predicted molar refractivity (Wildman–Crippen MR) is 97.8 cm³/mol. The number of nitrogens with one attached hydrogen (secondary N) is 1. The van der Waals surface area contributed by atoms with E-state index in [0.29, 0.717) is 23.1 Å². The Morgan fingerprint density at radius 1 is 1.20 bits per heavy atom. The van der Waals surface area contributed by atoms with Crippen molar-refractivity contribution in [2.45, 2.75) is 20.0 Å². The number of aliphatic hydroxyl groups excluding tert-OH is 1. The second kappa shape index (κ2) is 6.86. The summed E-state index contributed by atoms with van der Waals surface area (Å²) in [5.74, 6) is 0. The van der Waals surface area contributed by atoms with Crippen LogP contribution in [0.2, 0.25) is 0 Å². The Labute approximate surface area is 145 Å². The summed E-state index contributed by atoms with van der Waals surface area (Å²) in [5, 5.41) is 25.6. The highest BCUT2D eigenvalue weighted by Gasteiger charge is 2.16. The maximum absolute atomic E-state index is 11.2. The maximum atomic E-state index is 11.2. The smallest absolute Gasteiger partial charge is 0.295 e. The molecule has 3 aromatic rings. The summed E-state index contributed by atoms with van der Waals surface area (Å²) < 4.78 is 0. The van der Waals surface area contributed by atoms with Gasteiger partial charge in [-0.25, -0.2) is 4.98 Å². The molecule has 0 saturated heterocycles. The molecule has 0 bridgehead atoms. The third-order valence-electron chi connectivity index (χ3n) is 4.18. The number of pyridine rings is 1. The third-order valence-corrected chi connectivity index (χ3v) is 4.18. The summed E-state index contributed by atoms with van der Waals surface area (Å²) in [7, 11) is 0. The van der Waals surface area contributed by atoms with E-state index in [-0.39, 0.29) is 5.69 Å². The second-order valence-electron chi connectivity index (χ2n) is 5.99. The minimum absolute atomic E-state index is 0.0243. The Hall–Kier alpha value is -2.99. The van der Waals surface area contributed by atoms with E-state index >= 15 is 0 Å². The van der Waals surface area contributed by atoms with Gasteiger partial charge in [0.05, 0.1) is 11.0 Å². The number of nitro groups is 1. The molecule has 1 atom stereocenters. The summed E-state index contributed by atoms with van der Waals surface area (Å²) in [4.78, 5) is 15.1. The number of fused-ring (bicyclic) bond motifs is 1. The number of para-hydroxylation sites is 1. The van der Waals surface area contributed by atoms with Gasteiger partial charge in [-0.05, 0) is 31.0 Å². The van der Waals surface area contributed by atoms with Crippen molar-refractivity contribution in [3.8, 4) is 0 Å². The van der Waals surface area contributed by atoms with Crippen LogP contribution in [-0.4, -0.2) is 21.6 Å². The molecule has 25 heavy (non-hydrogen) atoms. The molecule has 1 heterocycles. The fourth-order valence-electron chi connectivity index (χ4n) is 2.93. The van der Waals surface area contributed by atoms with E-state index in [4.69, 9.17) is 0 Å². The van der Waals surface area contributed by atoms with Gasteiger partial charge in [0.1, 0.15) is 0 Å². The molecule has 6 heteroatoms. The first-order chi connectivity index (χ1) is 12.0. The number of non-ortho nitro benzene ring substituents is 1. The molecule has 1 unspecified atom stereocenters. The number of aryl methyl sites for hydroxylation is 2. The first-order valence-corrected chi connectivity index (χ1v) is 7.99. The van der Waals surface area contributed by atoms with Crippen molar-refractivity contribution in [2.75, 3.05) is 11.9 Å². The number of aromatic nitrogens is 1. The van der Waals surface area contributed by atoms with Crippen LogP contribution in [0.25, 0.3) is 10.9 Å². The number of benzene rings is 2. The average molecular weight is 337 g/mol. The third kappa shape index (κ3) is 3.44. The first-order valence-electron chi connectivity index (χ1n) is 7.99. The standard InChI is InChI=1S/C19H19N3O3/c1-12-6-3-4-7-14(12)18(23)11-20-16-10-13(2)21-19-15(16)8-5-9-17(19)22(24)25/h3-10,18,23H,11H2,1-2H3,(H,20,21). The lowest BCUT2D eigenvalue weighted by Crippen LogP contribution is -2.13. The van der Waals surface area contributed by atoms with Crippen molar-refractivity contribution in [3.05, 3.63) is 75.5 Å². The van der Waals surface area contributed by atoms with Crippen LogP contribution in [0.5, 0.6) is 0 Å². The summed E-state index contributed by atoms with van der Waals surface area (Å²) in [5.41, 5.74) is 3.59. The Bertz CT molecular complexity index is 940. The van der Waals surface area contributed by atoms with Gasteiger partial charge >= 0.3 is 0 Å². The number of nitro benzene ring substituents is 1. The lowest BCUT2D eigenvalue weighted by Gasteiger charge is -2.16. The van der Waals surface area contributed by atoms with Crippen LogP contribution in [0.15, 0.2) is 48.5 Å². The number of nitrogens with zero attached hydrogens (tertiary/aromatic N) is 2. The highest BCUT2D eigenvalue weighted by molar-refractivity contribution is 5.96. The number of aliphatic hydroxyl groups is 1. The minimum Gasteiger partial charge on any atom is -0.387 e. The van der Waals surface area contributed by atoms with Gasteiger partial charge in [-0.2, -0.15) is 0 Å². The first kappa shape index (κ1) is 16.9. The van der Waals surface area contributed by atoms with E-state index in [1.165, 1.54) is 6.07 Å². The number of hydrogen-bond acceptors (Lipinski definition) is 5. The van der Waals surface area contributed by atoms with Gasteiger partial charge in [0.2, 0.25) is 0 Å². The van der Waals surface area contributed by atoms with Gasteiger partial charge in [0.25, 0.3) is 5.69 Å². The lowest BCUT2D eigenvalue weighted by atomic mass is 10.0. The van der Waals surface area contributed by atoms with E-state index in [0.717, 1.165) is 16.8 Å². The van der Waals surface area contributed by atoms with Gasteiger partial charge in [-0.3, -0.25) is 10.1 Å². The van der Waals surface area contributed by atoms with E-state index < -0.39 is 11.0 Å². The van der Waals surface area contributed by atoms with Crippen molar-refractivity contribution in [1.29, 1.82) is 0 Å². The van der Waals surface area contributed by atoms with Crippen LogP contribution in [0.3, 0.4) is 0 Å². The van der Waals surface area contributed by atoms with Crippen LogP contribution in [0.1, 0.15) is 22.9 Å². The van der Waals surface area contributed by atoms with Gasteiger partial charge in [0.15, 0.2) is 5.52 Å². The van der Waals surface area contributed by atoms with E-state index in [9.17, 15) is 15.2 Å². The fraction of sp³-hybridized carbons (Fsp3) is 0.211. The number of rotatable bonds is 5. The zero-order valence-corrected chi connectivity index (χ0v) is 14.1. The molecule has 0 saturated carbocycles. The van der Waals surface area contributed by atoms with E-state index in [2.05, 4.69) is 10.3 Å². The number of hydrogen-bond donors (Lipinski definition) is 2. The van der Waals surface area contributed by atoms with Crippen LogP contribution in [-0.2, 0) is 0 Å². The SMILES string of the molecule is Cc1cc(NCC(O)c2ccccc2C)c2cccc([N+](=O)[O-])c2n1. The van der Waals surface area contributed by atoms with Crippen molar-refractivity contribution in [1.82, 2.24) is 4.98 Å². The van der Waals surface area contributed by atoms with Crippen molar-refractivity contribution < 1.29 is 10.0 Å². The molecule has 0 spiro atoms. The second-order valence-corrected chi connectivity index (χ2v) is 5.99. The molecule has 3 rings (SSSR count). The van der Waals surface area contributed by atoms with Crippen LogP contribution < -0.4 is 5.32 Å². The van der Waals surface area contributed by atoms with Crippen LogP contribution >= 0.6 is 0 Å². The fourth-order valence-corrected chi connectivity index (χ4v) is 2.93. The van der Waals surface area contributed by atoms with Crippen molar-refractivity contribution in [2.24, 2.45) is 0 Å². The highest BCUT2D eigenvalue weighted by Crippen LogP contribution is 2.30. The average Bonchev–Trinajstić information content (AvgIpc) is 2.59. The van der Waals surface area contributed by atoms with Gasteiger partial charge in [-0.15, -0.1) is 0 Å². The summed E-state index contributed by atoms with van der Waals surface area (Å²) >= 11 is 0. The van der Waals surface area contributed by atoms with Crippen molar-refractivity contribution >= 4 is 22.3 Å². The Morgan fingerprint density at radius 2 is 1.96 bits per heavy atom. The zero-order chi connectivity index (χ0) is 18.0. The molecule has 0 fully saturated rings. The van der Waals surface area contributed by atoms with Gasteiger partial charge in [-0.1, -0.05) is 36.4 Å². The largest absolute Gasteiger partial charge is 0.387 e. The van der Waals surface area contributed by atoms with Gasteiger partial charge in [0, 0.05) is 29.4 Å². The molecule has 0 aliphatic carbocycles. The molecule has 6 nitrogen and oxygen atoms in total. The van der Waals surface area contributed by atoms with Crippen LogP contribution in [0, 0.1) is 24.0 Å². The molecule has 2 aromatic carbocycles. The minimum atomic E-state index is -0.677. The Morgan fingerprint density at radius 3 is 2.68 bits per heavy atom. The summed E-state index contributed by atoms with van der Waals surface area (Å²) in [6.07, 6.45) is -0.677. The predicted octanol–water partition coefficient (Wildman–Crippen LogP) is 3.91. The Balaban J connectivity index is 1.93. The van der Waals surface area contributed by atoms with Gasteiger partial charge < -0.3 is 10.4 Å². The summed E-state index contributed by atoms with van der Waals surface area (Å²) in [6.45, 7) is 4.04. The zero-order valence-electron chi connectivity index (χ0n) is 14.1. The molecule has 0 radical (unpaired) electrons. The molecular weight excluding hydrogens is 318 g/mol. The molecule has 0 aliphatic rings. The van der Waals surface area contributed by atoms with E-state index in [1.54, 1.807) is 19.1 Å².